The fourth-order valence-electron chi connectivity index (χ4n) is 8.71. The summed E-state index contributed by atoms with van der Waals surface area (Å²) in [5, 5.41) is 56.8. The zero-order valence-electron chi connectivity index (χ0n) is 47.4. The van der Waals surface area contributed by atoms with E-state index in [9.17, 15) is 35.1 Å². The van der Waals surface area contributed by atoms with Gasteiger partial charge in [-0.15, -0.1) is 0 Å². The number of allylic oxidation sites excluding steroid dienone is 15. The highest BCUT2D eigenvalue weighted by molar-refractivity contribution is 5.80. The van der Waals surface area contributed by atoms with Gasteiger partial charge in [-0.3, -0.25) is 9.59 Å². The SMILES string of the molecule is CC/C=C\C/C=C\C/C=C\C/C=C\C/C=C\C/C=C\CCCCC(=O)OC1C(OCC(NC(=O)C(O)CCCCCCCC/C=C\CCCCCC)C(O)/C=C/CCCCCCCCCCC)OC(CO)C(O)C1O. The van der Waals surface area contributed by atoms with E-state index < -0.39 is 67.4 Å². The molecule has 0 aromatic heterocycles. The highest BCUT2D eigenvalue weighted by Gasteiger charge is 2.47. The van der Waals surface area contributed by atoms with Crippen molar-refractivity contribution in [2.75, 3.05) is 13.2 Å². The van der Waals surface area contributed by atoms with Crippen LogP contribution in [0.3, 0.4) is 0 Å². The molecule has 75 heavy (non-hydrogen) atoms. The molecule has 1 saturated heterocycles. The molecule has 8 atom stereocenters. The summed E-state index contributed by atoms with van der Waals surface area (Å²) in [5.41, 5.74) is 0. The van der Waals surface area contributed by atoms with Crippen LogP contribution in [-0.4, -0.2) is 99.6 Å². The van der Waals surface area contributed by atoms with Gasteiger partial charge in [-0.05, 0) is 103 Å². The van der Waals surface area contributed by atoms with Crippen LogP contribution in [0.2, 0.25) is 0 Å². The fraction of sp³-hybridized carbons (Fsp3) is 0.719. The van der Waals surface area contributed by atoms with E-state index in [0.29, 0.717) is 12.8 Å². The van der Waals surface area contributed by atoms with Crippen LogP contribution in [0.5, 0.6) is 0 Å². The van der Waals surface area contributed by atoms with Gasteiger partial charge in [0.25, 0.3) is 0 Å². The number of aliphatic hydroxyl groups excluding tert-OH is 5. The number of hydrogen-bond acceptors (Lipinski definition) is 10. The van der Waals surface area contributed by atoms with Crippen molar-refractivity contribution in [2.45, 2.75) is 282 Å². The normalized spacial score (nSPS) is 19.9. The van der Waals surface area contributed by atoms with Crippen LogP contribution >= 0.6 is 0 Å². The smallest absolute Gasteiger partial charge is 0.306 e. The van der Waals surface area contributed by atoms with Gasteiger partial charge in [-0.25, -0.2) is 0 Å². The Bertz CT molecular complexity index is 1580. The van der Waals surface area contributed by atoms with E-state index in [4.69, 9.17) is 14.2 Å². The van der Waals surface area contributed by atoms with Gasteiger partial charge in [0.15, 0.2) is 12.4 Å². The van der Waals surface area contributed by atoms with E-state index >= 15 is 0 Å². The number of ether oxygens (including phenoxy) is 3. The molecular weight excluding hydrogens is 943 g/mol. The molecule has 0 aliphatic carbocycles. The fourth-order valence-corrected chi connectivity index (χ4v) is 8.71. The lowest BCUT2D eigenvalue weighted by Crippen LogP contribution is -2.61. The predicted molar refractivity (Wildman–Crippen MR) is 310 cm³/mol. The van der Waals surface area contributed by atoms with Crippen molar-refractivity contribution in [1.29, 1.82) is 0 Å². The number of esters is 1. The molecule has 1 amide bonds. The van der Waals surface area contributed by atoms with E-state index in [0.717, 1.165) is 116 Å². The zero-order chi connectivity index (χ0) is 54.7. The van der Waals surface area contributed by atoms with E-state index in [1.807, 2.05) is 6.08 Å². The van der Waals surface area contributed by atoms with E-state index in [-0.39, 0.29) is 19.4 Å². The van der Waals surface area contributed by atoms with Crippen molar-refractivity contribution in [2.24, 2.45) is 0 Å². The summed E-state index contributed by atoms with van der Waals surface area (Å²) < 4.78 is 17.5. The maximum Gasteiger partial charge on any atom is 0.306 e. The van der Waals surface area contributed by atoms with E-state index in [1.165, 1.54) is 70.6 Å². The number of hydrogen-bond donors (Lipinski definition) is 6. The third-order valence-electron chi connectivity index (χ3n) is 13.5. The topological polar surface area (TPSA) is 175 Å². The molecule has 430 valence electrons. The van der Waals surface area contributed by atoms with Crippen molar-refractivity contribution in [1.82, 2.24) is 5.32 Å². The molecule has 0 aromatic carbocycles. The molecule has 11 heteroatoms. The lowest BCUT2D eigenvalue weighted by molar-refractivity contribution is -0.305. The molecule has 1 aliphatic rings. The van der Waals surface area contributed by atoms with Gasteiger partial charge >= 0.3 is 5.97 Å². The van der Waals surface area contributed by atoms with Crippen molar-refractivity contribution in [3.05, 3.63) is 97.2 Å². The lowest BCUT2D eigenvalue weighted by atomic mass is 9.99. The summed E-state index contributed by atoms with van der Waals surface area (Å²) in [4.78, 5) is 26.5. The first-order chi connectivity index (χ1) is 36.7. The number of carbonyl (C=O) groups excluding carboxylic acids is 2. The Morgan fingerprint density at radius 3 is 1.47 bits per heavy atom. The van der Waals surface area contributed by atoms with E-state index in [2.05, 4.69) is 111 Å². The van der Waals surface area contributed by atoms with Gasteiger partial charge in [0.2, 0.25) is 5.91 Å². The van der Waals surface area contributed by atoms with Gasteiger partial charge in [0.05, 0.1) is 25.4 Å². The number of aliphatic hydroxyl groups is 5. The van der Waals surface area contributed by atoms with Gasteiger partial charge in [-0.1, -0.05) is 221 Å². The Balaban J connectivity index is 2.72. The van der Waals surface area contributed by atoms with Crippen LogP contribution in [0, 0.1) is 0 Å². The molecule has 6 N–H and O–H groups in total. The molecule has 1 heterocycles. The van der Waals surface area contributed by atoms with Crippen LogP contribution < -0.4 is 5.32 Å². The third kappa shape index (κ3) is 39.6. The minimum absolute atomic E-state index is 0.0635. The Morgan fingerprint density at radius 1 is 0.533 bits per heavy atom. The number of unbranched alkanes of at least 4 members (excludes halogenated alkanes) is 21. The van der Waals surface area contributed by atoms with Crippen molar-refractivity contribution in [3.63, 3.8) is 0 Å². The Kier molecular flexibility index (Phi) is 47.6. The molecule has 1 rings (SSSR count). The Labute approximate surface area is 456 Å². The Morgan fingerprint density at radius 2 is 0.960 bits per heavy atom. The van der Waals surface area contributed by atoms with Crippen LogP contribution in [0.25, 0.3) is 0 Å². The van der Waals surface area contributed by atoms with Crippen LogP contribution in [0.1, 0.15) is 233 Å². The lowest BCUT2D eigenvalue weighted by Gasteiger charge is -2.41. The number of nitrogens with one attached hydrogen (secondary N) is 1. The average molecular weight is 1050 g/mol. The van der Waals surface area contributed by atoms with Gasteiger partial charge in [-0.2, -0.15) is 0 Å². The number of carbonyl (C=O) groups is 2. The maximum absolute atomic E-state index is 13.4. The van der Waals surface area contributed by atoms with Crippen LogP contribution in [0.4, 0.5) is 0 Å². The first kappa shape index (κ1) is 69.6. The van der Waals surface area contributed by atoms with Crippen LogP contribution in [-0.2, 0) is 23.8 Å². The first-order valence-electron chi connectivity index (χ1n) is 30.0. The average Bonchev–Trinajstić information content (AvgIpc) is 3.41. The Hall–Kier alpha value is -3.42. The minimum atomic E-state index is -1.64. The largest absolute Gasteiger partial charge is 0.454 e. The molecule has 0 bridgehead atoms. The summed E-state index contributed by atoms with van der Waals surface area (Å²) in [6.07, 6.45) is 57.3. The molecule has 0 spiro atoms. The number of amides is 1. The summed E-state index contributed by atoms with van der Waals surface area (Å²) >= 11 is 0. The molecule has 0 aromatic rings. The molecule has 0 radical (unpaired) electrons. The second-order valence-electron chi connectivity index (χ2n) is 20.3. The second kappa shape index (κ2) is 51.3. The minimum Gasteiger partial charge on any atom is -0.454 e. The monoisotopic (exact) mass is 1050 g/mol. The zero-order valence-corrected chi connectivity index (χ0v) is 47.4. The third-order valence-corrected chi connectivity index (χ3v) is 13.5. The van der Waals surface area contributed by atoms with Crippen LogP contribution in [0.15, 0.2) is 97.2 Å². The summed E-state index contributed by atoms with van der Waals surface area (Å²) in [5.74, 6) is -1.25. The highest BCUT2D eigenvalue weighted by atomic mass is 16.7. The molecule has 8 unspecified atom stereocenters. The van der Waals surface area contributed by atoms with Crippen molar-refractivity contribution < 1.29 is 49.3 Å². The molecule has 11 nitrogen and oxygen atoms in total. The summed E-state index contributed by atoms with van der Waals surface area (Å²) in [6.45, 7) is 5.61. The second-order valence-corrected chi connectivity index (χ2v) is 20.3. The quantitative estimate of drug-likeness (QED) is 0.0195. The van der Waals surface area contributed by atoms with Gasteiger partial charge in [0, 0.05) is 6.42 Å². The van der Waals surface area contributed by atoms with Crippen molar-refractivity contribution in [3.8, 4) is 0 Å². The molecular formula is C64H109NO10. The van der Waals surface area contributed by atoms with Gasteiger partial charge in [0.1, 0.15) is 24.4 Å². The first-order valence-corrected chi connectivity index (χ1v) is 30.0. The predicted octanol–water partition coefficient (Wildman–Crippen LogP) is 13.9. The standard InChI is InChI=1S/C64H109NO10/c1-4-7-10-13-16-19-22-24-26-27-28-29-30-31-32-34-37-40-43-46-49-52-59(69)75-62-61(71)60(70)58(53-66)74-64(62)73-54-55(56(67)50-47-44-41-38-35-21-18-15-12-9-6-3)65-63(72)57(68)51-48-45-42-39-36-33-25-23-20-17-14-11-8-5-2/h7,10,16,19-20,23-24,26,28-29,31-32,37,40,47,50,55-58,60-62,64,66-68,70-71H,4-6,8-9,11-15,17-18,21-22,25,27,30,33-36,38-39,41-46,48-49,51-54H2,1-3H3,(H,65,72)/b10-7-,19-16-,23-20-,26-24-,29-28-,32-31-,40-37-,50-47+. The molecule has 1 fully saturated rings. The van der Waals surface area contributed by atoms with E-state index in [1.54, 1.807) is 6.08 Å². The molecule has 0 saturated carbocycles. The highest BCUT2D eigenvalue weighted by Crippen LogP contribution is 2.26. The summed E-state index contributed by atoms with van der Waals surface area (Å²) in [6, 6.07) is -1.04. The van der Waals surface area contributed by atoms with Crippen molar-refractivity contribution >= 4 is 11.9 Å². The summed E-state index contributed by atoms with van der Waals surface area (Å²) in [7, 11) is 0. The maximum atomic E-state index is 13.4. The van der Waals surface area contributed by atoms with Gasteiger partial charge < -0.3 is 45.1 Å². The molecule has 1 aliphatic heterocycles. The number of rotatable bonds is 49.